The Hall–Kier alpha value is -2.84. The molecular formula is C14H14F3N3O3. The van der Waals surface area contributed by atoms with Crippen LogP contribution in [0, 0.1) is 6.92 Å². The summed E-state index contributed by atoms with van der Waals surface area (Å²) in [6.07, 6.45) is -2.12. The van der Waals surface area contributed by atoms with Crippen molar-refractivity contribution in [3.8, 4) is 11.5 Å². The fraction of sp³-hybridized carbons (Fsp3) is 0.214. The van der Waals surface area contributed by atoms with Gasteiger partial charge >= 0.3 is 12.3 Å². The molecule has 0 aliphatic heterocycles. The van der Waals surface area contributed by atoms with Crippen LogP contribution in [0.2, 0.25) is 0 Å². The van der Waals surface area contributed by atoms with Crippen molar-refractivity contribution in [2.24, 2.45) is 5.73 Å². The lowest BCUT2D eigenvalue weighted by molar-refractivity contribution is -0.153. The third-order valence-electron chi connectivity index (χ3n) is 2.17. The van der Waals surface area contributed by atoms with Crippen LogP contribution in [0.4, 0.5) is 18.0 Å². The lowest BCUT2D eigenvalue weighted by atomic mass is 10.3. The molecule has 1 aromatic heterocycles. The van der Waals surface area contributed by atoms with E-state index in [9.17, 15) is 18.0 Å². The van der Waals surface area contributed by atoms with Crippen LogP contribution in [-0.4, -0.2) is 28.8 Å². The van der Waals surface area contributed by atoms with Gasteiger partial charge in [0.2, 0.25) is 0 Å². The molecule has 1 heterocycles. The van der Waals surface area contributed by atoms with Crippen LogP contribution in [-0.2, 0) is 0 Å². The lowest BCUT2D eigenvalue weighted by Gasteiger charge is -2.09. The summed E-state index contributed by atoms with van der Waals surface area (Å²) in [6, 6.07) is 6.89. The Balaban J connectivity index is 0.000000313. The third kappa shape index (κ3) is 8.91. The number of halogens is 3. The number of nitrogens with two attached hydrogens (primary N) is 1. The van der Waals surface area contributed by atoms with E-state index in [1.807, 2.05) is 13.0 Å². The number of rotatable bonds is 3. The molecule has 0 bridgehead atoms. The predicted octanol–water partition coefficient (Wildman–Crippen LogP) is 2.87. The maximum Gasteiger partial charge on any atom is 0.422 e. The molecule has 0 aliphatic rings. The number of aromatic nitrogens is 2. The summed E-state index contributed by atoms with van der Waals surface area (Å²) in [5.74, 6) is 0.154. The van der Waals surface area contributed by atoms with Gasteiger partial charge in [-0.05, 0) is 37.3 Å². The van der Waals surface area contributed by atoms with Crippen LogP contribution < -0.4 is 15.2 Å². The Morgan fingerprint density at radius 3 is 2.17 bits per heavy atom. The largest absolute Gasteiger partial charge is 0.484 e. The molecule has 9 heteroatoms. The average molecular weight is 329 g/mol. The number of nitrogens with zero attached hydrogens (tertiary/aromatic N) is 2. The number of benzene rings is 1. The molecular weight excluding hydrogens is 315 g/mol. The Morgan fingerprint density at radius 1 is 1.17 bits per heavy atom. The minimum absolute atomic E-state index is 0.0224. The molecule has 23 heavy (non-hydrogen) atoms. The smallest absolute Gasteiger partial charge is 0.422 e. The maximum atomic E-state index is 11.8. The molecule has 0 saturated heterocycles. The number of primary amides is 1. The highest BCUT2D eigenvalue weighted by molar-refractivity contribution is 5.68. The van der Waals surface area contributed by atoms with Crippen molar-refractivity contribution in [2.75, 3.05) is 6.61 Å². The van der Waals surface area contributed by atoms with Gasteiger partial charge in [0.25, 0.3) is 0 Å². The summed E-state index contributed by atoms with van der Waals surface area (Å²) in [4.78, 5) is 17.9. The van der Waals surface area contributed by atoms with Gasteiger partial charge in [0.15, 0.2) is 6.61 Å². The van der Waals surface area contributed by atoms with E-state index < -0.39 is 18.9 Å². The SMILES string of the molecule is Cc1ccncn1.NC(=O)Oc1ccc(OCC(F)(F)F)cc1. The minimum atomic E-state index is -4.39. The summed E-state index contributed by atoms with van der Waals surface area (Å²) in [5.41, 5.74) is 5.75. The van der Waals surface area contributed by atoms with Gasteiger partial charge < -0.3 is 15.2 Å². The minimum Gasteiger partial charge on any atom is -0.484 e. The third-order valence-corrected chi connectivity index (χ3v) is 2.17. The summed E-state index contributed by atoms with van der Waals surface area (Å²) in [7, 11) is 0. The monoisotopic (exact) mass is 329 g/mol. The van der Waals surface area contributed by atoms with Gasteiger partial charge in [-0.3, -0.25) is 0 Å². The number of aryl methyl sites for hydroxylation is 1. The van der Waals surface area contributed by atoms with Gasteiger partial charge in [-0.25, -0.2) is 14.8 Å². The second-order valence-electron chi connectivity index (χ2n) is 4.15. The fourth-order valence-electron chi connectivity index (χ4n) is 1.24. The normalized spacial score (nSPS) is 10.3. The predicted molar refractivity (Wildman–Crippen MR) is 75.0 cm³/mol. The van der Waals surface area contributed by atoms with Crippen LogP contribution in [0.25, 0.3) is 0 Å². The van der Waals surface area contributed by atoms with E-state index in [1.54, 1.807) is 6.20 Å². The second kappa shape index (κ2) is 8.57. The van der Waals surface area contributed by atoms with Gasteiger partial charge in [0.05, 0.1) is 0 Å². The Morgan fingerprint density at radius 2 is 1.78 bits per heavy atom. The van der Waals surface area contributed by atoms with E-state index >= 15 is 0 Å². The van der Waals surface area contributed by atoms with Gasteiger partial charge in [0.1, 0.15) is 17.8 Å². The first-order valence-corrected chi connectivity index (χ1v) is 6.26. The van der Waals surface area contributed by atoms with E-state index in [2.05, 4.69) is 19.4 Å². The fourth-order valence-corrected chi connectivity index (χ4v) is 1.24. The maximum absolute atomic E-state index is 11.8. The van der Waals surface area contributed by atoms with Crippen LogP contribution in [0.1, 0.15) is 5.69 Å². The Labute approximate surface area is 130 Å². The van der Waals surface area contributed by atoms with Crippen molar-refractivity contribution >= 4 is 6.09 Å². The van der Waals surface area contributed by atoms with Crippen molar-refractivity contribution in [3.05, 3.63) is 48.5 Å². The van der Waals surface area contributed by atoms with Crippen LogP contribution in [0.3, 0.4) is 0 Å². The Bertz CT molecular complexity index is 604. The molecule has 0 atom stereocenters. The topological polar surface area (TPSA) is 87.3 Å². The molecule has 2 aromatic rings. The van der Waals surface area contributed by atoms with Gasteiger partial charge in [-0.15, -0.1) is 0 Å². The number of hydrogen-bond acceptors (Lipinski definition) is 5. The van der Waals surface area contributed by atoms with Gasteiger partial charge in [0, 0.05) is 11.9 Å². The van der Waals surface area contributed by atoms with E-state index in [1.165, 1.54) is 30.6 Å². The van der Waals surface area contributed by atoms with E-state index in [0.717, 1.165) is 5.69 Å². The quantitative estimate of drug-likeness (QED) is 0.935. The van der Waals surface area contributed by atoms with Crippen LogP contribution in [0.15, 0.2) is 42.9 Å². The first-order chi connectivity index (χ1) is 10.8. The second-order valence-corrected chi connectivity index (χ2v) is 4.15. The lowest BCUT2D eigenvalue weighted by Crippen LogP contribution is -2.19. The molecule has 124 valence electrons. The first kappa shape index (κ1) is 18.2. The van der Waals surface area contributed by atoms with Crippen molar-refractivity contribution in [3.63, 3.8) is 0 Å². The zero-order valence-corrected chi connectivity index (χ0v) is 12.1. The number of carbonyl (C=O) groups excluding carboxylic acids is 1. The van der Waals surface area contributed by atoms with E-state index in [4.69, 9.17) is 5.73 Å². The number of amides is 1. The molecule has 2 rings (SSSR count). The molecule has 2 N–H and O–H groups in total. The molecule has 1 aromatic carbocycles. The van der Waals surface area contributed by atoms with Crippen molar-refractivity contribution in [1.82, 2.24) is 9.97 Å². The summed E-state index contributed by atoms with van der Waals surface area (Å²) in [6.45, 7) is 0.560. The highest BCUT2D eigenvalue weighted by Gasteiger charge is 2.28. The highest BCUT2D eigenvalue weighted by Crippen LogP contribution is 2.21. The molecule has 0 aliphatic carbocycles. The number of carbonyl (C=O) groups is 1. The van der Waals surface area contributed by atoms with Crippen LogP contribution in [0.5, 0.6) is 11.5 Å². The van der Waals surface area contributed by atoms with Crippen molar-refractivity contribution < 1.29 is 27.4 Å². The number of hydrogen-bond donors (Lipinski definition) is 1. The number of ether oxygens (including phenoxy) is 2. The van der Waals surface area contributed by atoms with E-state index in [-0.39, 0.29) is 11.5 Å². The van der Waals surface area contributed by atoms with E-state index in [0.29, 0.717) is 0 Å². The zero-order valence-electron chi connectivity index (χ0n) is 12.1. The first-order valence-electron chi connectivity index (χ1n) is 6.26. The summed E-state index contributed by atoms with van der Waals surface area (Å²) >= 11 is 0. The molecule has 0 radical (unpaired) electrons. The zero-order chi connectivity index (χ0) is 17.3. The molecule has 0 spiro atoms. The van der Waals surface area contributed by atoms with Crippen LogP contribution >= 0.6 is 0 Å². The Kier molecular flexibility index (Phi) is 6.78. The highest BCUT2D eigenvalue weighted by atomic mass is 19.4. The van der Waals surface area contributed by atoms with Gasteiger partial charge in [-0.1, -0.05) is 0 Å². The molecule has 1 amide bonds. The van der Waals surface area contributed by atoms with Crippen molar-refractivity contribution in [2.45, 2.75) is 13.1 Å². The average Bonchev–Trinajstić information content (AvgIpc) is 2.47. The van der Waals surface area contributed by atoms with Crippen molar-refractivity contribution in [1.29, 1.82) is 0 Å². The molecule has 6 nitrogen and oxygen atoms in total. The molecule has 0 unspecified atom stereocenters. The summed E-state index contributed by atoms with van der Waals surface area (Å²) in [5, 5.41) is 0. The standard InChI is InChI=1S/C9H8F3NO3.C5H6N2/c10-9(11,12)5-15-6-1-3-7(4-2-6)16-8(13)14;1-5-2-3-6-4-7-5/h1-4H,5H2,(H2,13,14);2-4H,1H3. The van der Waals surface area contributed by atoms with Gasteiger partial charge in [-0.2, -0.15) is 13.2 Å². The number of alkyl halides is 3. The molecule has 0 fully saturated rings. The summed E-state index contributed by atoms with van der Waals surface area (Å²) < 4.78 is 44.3. The molecule has 0 saturated carbocycles.